The van der Waals surface area contributed by atoms with Crippen LogP contribution in [0.1, 0.15) is 32.6 Å². The molecule has 0 aliphatic carbocycles. The first-order chi connectivity index (χ1) is 7.97. The van der Waals surface area contributed by atoms with E-state index in [-0.39, 0.29) is 18.9 Å². The highest BCUT2D eigenvalue weighted by Gasteiger charge is 2.40. The topological polar surface area (TPSA) is 104 Å². The van der Waals surface area contributed by atoms with Gasteiger partial charge in [-0.05, 0) is 6.42 Å². The van der Waals surface area contributed by atoms with E-state index in [0.29, 0.717) is 6.42 Å². The van der Waals surface area contributed by atoms with Crippen molar-refractivity contribution in [3.8, 4) is 0 Å². The van der Waals surface area contributed by atoms with Gasteiger partial charge in [0.05, 0.1) is 12.1 Å². The number of carboxylic acids is 1. The van der Waals surface area contributed by atoms with Gasteiger partial charge in [0, 0.05) is 13.0 Å². The summed E-state index contributed by atoms with van der Waals surface area (Å²) in [6, 6.07) is -1.60. The molecule has 0 aromatic carbocycles. The molecule has 1 fully saturated rings. The standard InChI is InChI=1S/C11H20N2O4/c1-2-3-4-8(12)10(15)13-6-7(14)5-9(13)11(16)17/h7-9,14H,2-6,12H2,1H3,(H,16,17)/t7-,8+,9-/m1/s1. The van der Waals surface area contributed by atoms with Crippen LogP contribution in [0.15, 0.2) is 0 Å². The second-order valence-electron chi connectivity index (χ2n) is 4.48. The quantitative estimate of drug-likeness (QED) is 0.607. The molecule has 1 aliphatic rings. The minimum atomic E-state index is -1.09. The van der Waals surface area contributed by atoms with Crippen molar-refractivity contribution in [2.24, 2.45) is 5.73 Å². The molecule has 1 aliphatic heterocycles. The van der Waals surface area contributed by atoms with E-state index in [2.05, 4.69) is 0 Å². The molecule has 17 heavy (non-hydrogen) atoms. The fourth-order valence-electron chi connectivity index (χ4n) is 2.05. The van der Waals surface area contributed by atoms with Gasteiger partial charge >= 0.3 is 5.97 Å². The molecule has 0 saturated carbocycles. The van der Waals surface area contributed by atoms with Crippen LogP contribution in [-0.4, -0.2) is 51.7 Å². The number of carbonyl (C=O) groups excluding carboxylic acids is 1. The summed E-state index contributed by atoms with van der Waals surface area (Å²) in [6.07, 6.45) is 1.64. The maximum Gasteiger partial charge on any atom is 0.326 e. The van der Waals surface area contributed by atoms with E-state index in [4.69, 9.17) is 10.8 Å². The Hall–Kier alpha value is -1.14. The normalized spacial score (nSPS) is 25.9. The van der Waals surface area contributed by atoms with Crippen LogP contribution in [0, 0.1) is 0 Å². The third-order valence-electron chi connectivity index (χ3n) is 3.03. The zero-order chi connectivity index (χ0) is 13.0. The lowest BCUT2D eigenvalue weighted by molar-refractivity contribution is -0.148. The number of aliphatic carboxylic acids is 1. The van der Waals surface area contributed by atoms with E-state index < -0.39 is 24.2 Å². The van der Waals surface area contributed by atoms with Crippen molar-refractivity contribution >= 4 is 11.9 Å². The molecule has 4 N–H and O–H groups in total. The molecule has 6 nitrogen and oxygen atoms in total. The Labute approximate surface area is 100 Å². The summed E-state index contributed by atoms with van der Waals surface area (Å²) in [5.74, 6) is -1.46. The van der Waals surface area contributed by atoms with Gasteiger partial charge in [-0.25, -0.2) is 4.79 Å². The number of nitrogens with zero attached hydrogens (tertiary/aromatic N) is 1. The van der Waals surface area contributed by atoms with Gasteiger partial charge < -0.3 is 20.8 Å². The van der Waals surface area contributed by atoms with E-state index in [1.165, 1.54) is 4.90 Å². The highest BCUT2D eigenvalue weighted by Crippen LogP contribution is 2.19. The molecule has 0 aromatic heterocycles. The highest BCUT2D eigenvalue weighted by atomic mass is 16.4. The Bertz CT molecular complexity index is 295. The summed E-state index contributed by atoms with van der Waals surface area (Å²) in [5, 5.41) is 18.4. The molecule has 1 saturated heterocycles. The predicted molar refractivity (Wildman–Crippen MR) is 61.3 cm³/mol. The summed E-state index contributed by atoms with van der Waals surface area (Å²) in [7, 11) is 0. The van der Waals surface area contributed by atoms with Gasteiger partial charge in [0.1, 0.15) is 6.04 Å². The van der Waals surface area contributed by atoms with Gasteiger partial charge in [-0.3, -0.25) is 4.79 Å². The first kappa shape index (κ1) is 13.9. The number of amides is 1. The molecule has 3 atom stereocenters. The number of hydrogen-bond donors (Lipinski definition) is 3. The Morgan fingerprint density at radius 1 is 1.53 bits per heavy atom. The molecule has 0 aromatic rings. The minimum Gasteiger partial charge on any atom is -0.480 e. The van der Waals surface area contributed by atoms with Crippen molar-refractivity contribution in [3.63, 3.8) is 0 Å². The highest BCUT2D eigenvalue weighted by molar-refractivity contribution is 5.87. The van der Waals surface area contributed by atoms with E-state index >= 15 is 0 Å². The van der Waals surface area contributed by atoms with Crippen LogP contribution < -0.4 is 5.73 Å². The summed E-state index contributed by atoms with van der Waals surface area (Å²) in [5.41, 5.74) is 5.73. The zero-order valence-electron chi connectivity index (χ0n) is 10.0. The lowest BCUT2D eigenvalue weighted by Crippen LogP contribution is -2.48. The fraction of sp³-hybridized carbons (Fsp3) is 0.818. The second-order valence-corrected chi connectivity index (χ2v) is 4.48. The van der Waals surface area contributed by atoms with Gasteiger partial charge in [0.2, 0.25) is 5.91 Å². The Morgan fingerprint density at radius 3 is 2.71 bits per heavy atom. The zero-order valence-corrected chi connectivity index (χ0v) is 10.0. The summed E-state index contributed by atoms with van der Waals surface area (Å²) in [4.78, 5) is 24.1. The first-order valence-electron chi connectivity index (χ1n) is 5.94. The van der Waals surface area contributed by atoms with Crippen LogP contribution in [0.2, 0.25) is 0 Å². The Kier molecular flexibility index (Phi) is 4.89. The molecular formula is C11H20N2O4. The van der Waals surface area contributed by atoms with Crippen molar-refractivity contribution in [2.75, 3.05) is 6.54 Å². The molecule has 0 bridgehead atoms. The maximum atomic E-state index is 11.9. The monoisotopic (exact) mass is 244 g/mol. The number of aliphatic hydroxyl groups excluding tert-OH is 1. The number of likely N-dealkylation sites (tertiary alicyclic amines) is 1. The number of nitrogens with two attached hydrogens (primary N) is 1. The smallest absolute Gasteiger partial charge is 0.326 e. The molecule has 6 heteroatoms. The van der Waals surface area contributed by atoms with Crippen LogP contribution in [-0.2, 0) is 9.59 Å². The van der Waals surface area contributed by atoms with E-state index in [1.807, 2.05) is 6.92 Å². The summed E-state index contributed by atoms with van der Waals surface area (Å²) < 4.78 is 0. The molecule has 1 heterocycles. The van der Waals surface area contributed by atoms with Crippen LogP contribution in [0.5, 0.6) is 0 Å². The number of hydrogen-bond acceptors (Lipinski definition) is 4. The van der Waals surface area contributed by atoms with Gasteiger partial charge in [0.25, 0.3) is 0 Å². The van der Waals surface area contributed by atoms with Crippen LogP contribution >= 0.6 is 0 Å². The first-order valence-corrected chi connectivity index (χ1v) is 5.94. The fourth-order valence-corrected chi connectivity index (χ4v) is 2.05. The second kappa shape index (κ2) is 5.97. The number of carboxylic acid groups (broad SMARTS) is 1. The number of carbonyl (C=O) groups is 2. The SMILES string of the molecule is CCCC[C@H](N)C(=O)N1C[C@H](O)C[C@@H]1C(=O)O. The van der Waals surface area contributed by atoms with Crippen LogP contribution in [0.25, 0.3) is 0 Å². The molecule has 0 spiro atoms. The van der Waals surface area contributed by atoms with Gasteiger partial charge in [-0.15, -0.1) is 0 Å². The van der Waals surface area contributed by atoms with Gasteiger partial charge in [-0.2, -0.15) is 0 Å². The van der Waals surface area contributed by atoms with E-state index in [0.717, 1.165) is 12.8 Å². The third kappa shape index (κ3) is 3.41. The van der Waals surface area contributed by atoms with E-state index in [1.54, 1.807) is 0 Å². The average Bonchev–Trinajstić information content (AvgIpc) is 2.67. The van der Waals surface area contributed by atoms with E-state index in [9.17, 15) is 14.7 Å². The Balaban J connectivity index is 2.63. The van der Waals surface area contributed by atoms with Gasteiger partial charge in [-0.1, -0.05) is 19.8 Å². The number of rotatable bonds is 5. The number of β-amino-alcohol motifs (C(OH)–C–C–N with tert-alkyl or cyclic N) is 1. The number of unbranched alkanes of at least 4 members (excludes halogenated alkanes) is 1. The van der Waals surface area contributed by atoms with Crippen LogP contribution in [0.3, 0.4) is 0 Å². The summed E-state index contributed by atoms with van der Waals surface area (Å²) >= 11 is 0. The molecule has 0 radical (unpaired) electrons. The van der Waals surface area contributed by atoms with Crippen molar-refractivity contribution in [1.29, 1.82) is 0 Å². The lowest BCUT2D eigenvalue weighted by Gasteiger charge is -2.24. The lowest BCUT2D eigenvalue weighted by atomic mass is 10.1. The van der Waals surface area contributed by atoms with Crippen molar-refractivity contribution in [1.82, 2.24) is 4.90 Å². The van der Waals surface area contributed by atoms with Gasteiger partial charge in [0.15, 0.2) is 0 Å². The molecule has 98 valence electrons. The molecule has 1 rings (SSSR count). The average molecular weight is 244 g/mol. The maximum absolute atomic E-state index is 11.9. The third-order valence-corrected chi connectivity index (χ3v) is 3.03. The van der Waals surface area contributed by atoms with Crippen molar-refractivity contribution < 1.29 is 19.8 Å². The number of aliphatic hydroxyl groups is 1. The molecular weight excluding hydrogens is 224 g/mol. The molecule has 1 amide bonds. The van der Waals surface area contributed by atoms with Crippen LogP contribution in [0.4, 0.5) is 0 Å². The predicted octanol–water partition coefficient (Wildman–Crippen LogP) is -0.450. The van der Waals surface area contributed by atoms with Crippen molar-refractivity contribution in [2.45, 2.75) is 50.8 Å². The molecule has 0 unspecified atom stereocenters. The summed E-state index contributed by atoms with van der Waals surface area (Å²) in [6.45, 7) is 2.06. The Morgan fingerprint density at radius 2 is 2.18 bits per heavy atom. The minimum absolute atomic E-state index is 0.0651. The van der Waals surface area contributed by atoms with Crippen molar-refractivity contribution in [3.05, 3.63) is 0 Å². The largest absolute Gasteiger partial charge is 0.480 e.